The largest absolute Gasteiger partial charge is 0.368 e. The second kappa shape index (κ2) is 11.0. The predicted molar refractivity (Wildman–Crippen MR) is 145 cm³/mol. The van der Waals surface area contributed by atoms with Crippen molar-refractivity contribution in [3.63, 3.8) is 0 Å². The Balaban J connectivity index is 1.50. The SMILES string of the molecule is Cc1ccc(S(=O)(=O)N(CC(=O)N2CCN(c3cccc(C)c3C)CC2)Cc2ccc(Cl)cc2)cc1. The number of carbonyl (C=O) groups excluding carboxylic acids is 1. The van der Waals surface area contributed by atoms with Gasteiger partial charge in [-0.1, -0.05) is 53.6 Å². The van der Waals surface area contributed by atoms with E-state index >= 15 is 0 Å². The smallest absolute Gasteiger partial charge is 0.243 e. The van der Waals surface area contributed by atoms with E-state index in [0.29, 0.717) is 31.2 Å². The van der Waals surface area contributed by atoms with E-state index in [2.05, 4.69) is 36.9 Å². The van der Waals surface area contributed by atoms with Crippen LogP contribution in [0.3, 0.4) is 0 Å². The molecule has 6 nitrogen and oxygen atoms in total. The highest BCUT2D eigenvalue weighted by Gasteiger charge is 2.30. The highest BCUT2D eigenvalue weighted by Crippen LogP contribution is 2.25. The van der Waals surface area contributed by atoms with Gasteiger partial charge >= 0.3 is 0 Å². The third kappa shape index (κ3) is 5.91. The van der Waals surface area contributed by atoms with Crippen molar-refractivity contribution in [2.75, 3.05) is 37.6 Å². The lowest BCUT2D eigenvalue weighted by molar-refractivity contribution is -0.131. The van der Waals surface area contributed by atoms with Crippen LogP contribution < -0.4 is 4.90 Å². The third-order valence-corrected chi connectivity index (χ3v) is 8.85. The lowest BCUT2D eigenvalue weighted by atomic mass is 10.1. The van der Waals surface area contributed by atoms with Crippen molar-refractivity contribution in [2.24, 2.45) is 0 Å². The molecule has 1 fully saturated rings. The number of amides is 1. The van der Waals surface area contributed by atoms with Crippen molar-refractivity contribution in [3.05, 3.63) is 94.0 Å². The number of hydrogen-bond donors (Lipinski definition) is 0. The fraction of sp³-hybridized carbons (Fsp3) is 0.321. The van der Waals surface area contributed by atoms with Gasteiger partial charge in [0, 0.05) is 43.4 Å². The van der Waals surface area contributed by atoms with Crippen molar-refractivity contribution >= 4 is 33.2 Å². The molecule has 0 unspecified atom stereocenters. The van der Waals surface area contributed by atoms with Crippen molar-refractivity contribution in [3.8, 4) is 0 Å². The Morgan fingerprint density at radius 2 is 1.53 bits per heavy atom. The van der Waals surface area contributed by atoms with E-state index in [1.54, 1.807) is 53.4 Å². The number of rotatable bonds is 7. The summed E-state index contributed by atoms with van der Waals surface area (Å²) >= 11 is 6.01. The Hall–Kier alpha value is -2.87. The maximum atomic E-state index is 13.6. The summed E-state index contributed by atoms with van der Waals surface area (Å²) in [5.74, 6) is -0.194. The van der Waals surface area contributed by atoms with E-state index in [9.17, 15) is 13.2 Å². The molecule has 0 saturated carbocycles. The Morgan fingerprint density at radius 3 is 2.17 bits per heavy atom. The van der Waals surface area contributed by atoms with Crippen LogP contribution in [0.15, 0.2) is 71.6 Å². The normalized spacial score (nSPS) is 14.4. The van der Waals surface area contributed by atoms with E-state index in [4.69, 9.17) is 11.6 Å². The minimum atomic E-state index is -3.88. The lowest BCUT2D eigenvalue weighted by Gasteiger charge is -2.37. The Kier molecular flexibility index (Phi) is 8.03. The summed E-state index contributed by atoms with van der Waals surface area (Å²) in [6.07, 6.45) is 0. The summed E-state index contributed by atoms with van der Waals surface area (Å²) in [6.45, 7) is 8.50. The van der Waals surface area contributed by atoms with E-state index in [-0.39, 0.29) is 23.9 Å². The molecule has 3 aromatic rings. The van der Waals surface area contributed by atoms with Crippen LogP contribution in [0, 0.1) is 20.8 Å². The van der Waals surface area contributed by atoms with E-state index < -0.39 is 10.0 Å². The zero-order chi connectivity index (χ0) is 25.9. The third-order valence-electron chi connectivity index (χ3n) is 6.79. The molecular formula is C28H32ClN3O3S. The average Bonchev–Trinajstić information content (AvgIpc) is 2.87. The molecule has 1 heterocycles. The van der Waals surface area contributed by atoms with Crippen LogP contribution in [-0.2, 0) is 21.4 Å². The van der Waals surface area contributed by atoms with Gasteiger partial charge in [0.25, 0.3) is 0 Å². The molecule has 1 saturated heterocycles. The maximum Gasteiger partial charge on any atom is 0.243 e. The molecule has 36 heavy (non-hydrogen) atoms. The molecule has 0 bridgehead atoms. The standard InChI is InChI=1S/C28H32ClN3O3S/c1-21-7-13-26(14-8-21)36(34,35)32(19-24-9-11-25(29)12-10-24)20-28(33)31-17-15-30(16-18-31)27-6-4-5-22(2)23(27)3/h4-14H,15-20H2,1-3H3. The first-order valence-corrected chi connectivity index (χ1v) is 13.9. The Labute approximate surface area is 219 Å². The minimum absolute atomic E-state index is 0.0849. The first kappa shape index (κ1) is 26.2. The molecular weight excluding hydrogens is 494 g/mol. The topological polar surface area (TPSA) is 60.9 Å². The number of anilines is 1. The molecule has 3 aromatic carbocycles. The summed E-state index contributed by atoms with van der Waals surface area (Å²) in [5.41, 5.74) is 5.41. The molecule has 0 spiro atoms. The summed E-state index contributed by atoms with van der Waals surface area (Å²) in [7, 11) is -3.88. The van der Waals surface area contributed by atoms with Crippen molar-refractivity contribution in [1.29, 1.82) is 0 Å². The van der Waals surface area contributed by atoms with Crippen molar-refractivity contribution in [1.82, 2.24) is 9.21 Å². The molecule has 0 aromatic heterocycles. The van der Waals surface area contributed by atoms with Crippen LogP contribution in [0.4, 0.5) is 5.69 Å². The summed E-state index contributed by atoms with van der Waals surface area (Å²) in [6, 6.07) is 20.0. The van der Waals surface area contributed by atoms with E-state index in [1.165, 1.54) is 21.1 Å². The molecule has 1 amide bonds. The highest BCUT2D eigenvalue weighted by atomic mass is 35.5. The second-order valence-electron chi connectivity index (χ2n) is 9.30. The predicted octanol–water partition coefficient (Wildman–Crippen LogP) is 4.80. The fourth-order valence-electron chi connectivity index (χ4n) is 4.40. The number of benzene rings is 3. The average molecular weight is 526 g/mol. The van der Waals surface area contributed by atoms with Gasteiger partial charge in [0.05, 0.1) is 11.4 Å². The van der Waals surface area contributed by atoms with Gasteiger partial charge in [0.1, 0.15) is 0 Å². The molecule has 0 atom stereocenters. The van der Waals surface area contributed by atoms with Gasteiger partial charge in [-0.25, -0.2) is 8.42 Å². The number of hydrogen-bond acceptors (Lipinski definition) is 4. The van der Waals surface area contributed by atoms with Gasteiger partial charge in [-0.2, -0.15) is 4.31 Å². The van der Waals surface area contributed by atoms with Gasteiger partial charge in [0.15, 0.2) is 0 Å². The molecule has 1 aliphatic heterocycles. The monoisotopic (exact) mass is 525 g/mol. The van der Waals surface area contributed by atoms with Crippen molar-refractivity contribution < 1.29 is 13.2 Å². The van der Waals surface area contributed by atoms with Crippen LogP contribution in [0.25, 0.3) is 0 Å². The first-order chi connectivity index (χ1) is 17.1. The first-order valence-electron chi connectivity index (χ1n) is 12.1. The number of piperazine rings is 1. The molecule has 0 radical (unpaired) electrons. The zero-order valence-corrected chi connectivity index (χ0v) is 22.5. The van der Waals surface area contributed by atoms with E-state index in [1.807, 2.05) is 6.92 Å². The summed E-state index contributed by atoms with van der Waals surface area (Å²) in [4.78, 5) is 17.6. The molecule has 4 rings (SSSR count). The van der Waals surface area contributed by atoms with Gasteiger partial charge in [0.2, 0.25) is 15.9 Å². The molecule has 190 valence electrons. The highest BCUT2D eigenvalue weighted by molar-refractivity contribution is 7.89. The number of sulfonamides is 1. The summed E-state index contributed by atoms with van der Waals surface area (Å²) < 4.78 is 28.4. The number of carbonyl (C=O) groups is 1. The fourth-order valence-corrected chi connectivity index (χ4v) is 5.91. The van der Waals surface area contributed by atoms with E-state index in [0.717, 1.165) is 11.1 Å². The molecule has 8 heteroatoms. The van der Waals surface area contributed by atoms with Crippen LogP contribution in [0.5, 0.6) is 0 Å². The molecule has 1 aliphatic rings. The summed E-state index contributed by atoms with van der Waals surface area (Å²) in [5, 5.41) is 0.574. The van der Waals surface area contributed by atoms with Crippen LogP contribution >= 0.6 is 11.6 Å². The number of halogens is 1. The van der Waals surface area contributed by atoms with Gasteiger partial charge in [-0.3, -0.25) is 4.79 Å². The van der Waals surface area contributed by atoms with Crippen LogP contribution in [0.2, 0.25) is 5.02 Å². The zero-order valence-electron chi connectivity index (χ0n) is 20.9. The Morgan fingerprint density at radius 1 is 0.889 bits per heavy atom. The van der Waals surface area contributed by atoms with Gasteiger partial charge < -0.3 is 9.80 Å². The quantitative estimate of drug-likeness (QED) is 0.444. The van der Waals surface area contributed by atoms with Gasteiger partial charge in [-0.05, 0) is 67.8 Å². The van der Waals surface area contributed by atoms with Gasteiger partial charge in [-0.15, -0.1) is 0 Å². The molecule has 0 aliphatic carbocycles. The number of aryl methyl sites for hydroxylation is 2. The molecule has 0 N–H and O–H groups in total. The van der Waals surface area contributed by atoms with Crippen LogP contribution in [-0.4, -0.2) is 56.3 Å². The van der Waals surface area contributed by atoms with Crippen LogP contribution in [0.1, 0.15) is 22.3 Å². The maximum absolute atomic E-state index is 13.6. The Bertz CT molecular complexity index is 1320. The number of nitrogens with zero attached hydrogens (tertiary/aromatic N) is 3. The minimum Gasteiger partial charge on any atom is -0.368 e. The lowest BCUT2D eigenvalue weighted by Crippen LogP contribution is -2.52. The van der Waals surface area contributed by atoms with Crippen molar-refractivity contribution in [2.45, 2.75) is 32.2 Å². The second-order valence-corrected chi connectivity index (χ2v) is 11.7.